The van der Waals surface area contributed by atoms with Crippen molar-refractivity contribution in [2.24, 2.45) is 5.10 Å². The summed E-state index contributed by atoms with van der Waals surface area (Å²) in [4.78, 5) is 25.5. The first-order valence-corrected chi connectivity index (χ1v) is 11.4. The number of anilines is 1. The number of hydrogen-bond acceptors (Lipinski definition) is 5. The predicted octanol–water partition coefficient (Wildman–Crippen LogP) is 6.30. The number of rotatable bonds is 7. The molecule has 0 heterocycles. The summed E-state index contributed by atoms with van der Waals surface area (Å²) in [7, 11) is 0. The number of ether oxygens (including phenoxy) is 1. The van der Waals surface area contributed by atoms with Crippen molar-refractivity contribution in [1.29, 1.82) is 0 Å². The smallest absolute Gasteiger partial charge is 0.416 e. The lowest BCUT2D eigenvalue weighted by molar-refractivity contribution is -0.137. The molecule has 38 heavy (non-hydrogen) atoms. The number of carbonyl (C=O) groups is 2. The van der Waals surface area contributed by atoms with Gasteiger partial charge in [0.15, 0.2) is 6.61 Å². The Labute approximate surface area is 216 Å². The predicted molar refractivity (Wildman–Crippen MR) is 137 cm³/mol. The number of phenolic OH excluding ortho intramolecular Hbond substituents is 1. The number of hydrogen-bond donors (Lipinski definition) is 1. The number of carbonyl (C=O) groups excluding carboxylic acids is 2. The summed E-state index contributed by atoms with van der Waals surface area (Å²) in [6.07, 6.45) is -3.30. The molecule has 1 amide bonds. The minimum Gasteiger partial charge on any atom is -0.508 e. The minimum atomic E-state index is -4.62. The topological polar surface area (TPSA) is 79.2 Å². The average molecular weight is 518 g/mol. The number of hydrazone groups is 1. The average Bonchev–Trinajstić information content (AvgIpc) is 2.92. The molecule has 0 aliphatic carbocycles. The van der Waals surface area contributed by atoms with E-state index >= 15 is 0 Å². The van der Waals surface area contributed by atoms with Gasteiger partial charge in [-0.2, -0.15) is 23.3 Å². The fourth-order valence-electron chi connectivity index (χ4n) is 3.48. The normalized spacial score (nSPS) is 11.3. The van der Waals surface area contributed by atoms with Crippen LogP contribution in [0.15, 0.2) is 108 Å². The maximum Gasteiger partial charge on any atom is 0.416 e. The Morgan fingerprint density at radius 2 is 1.47 bits per heavy atom. The van der Waals surface area contributed by atoms with Gasteiger partial charge in [0.25, 0.3) is 5.91 Å². The molecule has 0 saturated heterocycles. The molecule has 0 spiro atoms. The first kappa shape index (κ1) is 26.2. The van der Waals surface area contributed by atoms with E-state index in [2.05, 4.69) is 5.10 Å². The van der Waals surface area contributed by atoms with E-state index in [9.17, 15) is 27.9 Å². The Balaban J connectivity index is 1.50. The number of amides is 1. The van der Waals surface area contributed by atoms with Crippen LogP contribution >= 0.6 is 0 Å². The van der Waals surface area contributed by atoms with Gasteiger partial charge in [0.05, 0.1) is 23.0 Å². The Morgan fingerprint density at radius 3 is 2.11 bits per heavy atom. The SMILES string of the molecule is O=C(OCC(=O)N(/N=C\c1ccccc1)c1cccc(C(F)(F)F)c1)c1ccc(-c2ccc(O)cc2)cc1. The largest absolute Gasteiger partial charge is 0.508 e. The van der Waals surface area contributed by atoms with Gasteiger partial charge in [0, 0.05) is 0 Å². The molecule has 0 unspecified atom stereocenters. The van der Waals surface area contributed by atoms with Gasteiger partial charge in [0.1, 0.15) is 5.75 Å². The fourth-order valence-corrected chi connectivity index (χ4v) is 3.48. The molecule has 0 bridgehead atoms. The van der Waals surface area contributed by atoms with Crippen LogP contribution in [0.5, 0.6) is 5.75 Å². The standard InChI is InChI=1S/C29H21F3N2O4/c30-29(31,32)24-7-4-8-25(17-24)34(33-18-20-5-2-1-3-6-20)27(36)19-38-28(37)23-11-9-21(10-12-23)22-13-15-26(35)16-14-22/h1-18,35H,19H2/b33-18-. The van der Waals surface area contributed by atoms with Crippen molar-refractivity contribution in [3.8, 4) is 16.9 Å². The van der Waals surface area contributed by atoms with E-state index in [1.54, 1.807) is 66.7 Å². The van der Waals surface area contributed by atoms with Gasteiger partial charge in [-0.1, -0.05) is 60.7 Å². The zero-order valence-electron chi connectivity index (χ0n) is 19.8. The number of esters is 1. The number of halogens is 3. The van der Waals surface area contributed by atoms with E-state index in [0.29, 0.717) is 5.56 Å². The second-order valence-corrected chi connectivity index (χ2v) is 8.11. The van der Waals surface area contributed by atoms with E-state index in [1.807, 2.05) is 0 Å². The van der Waals surface area contributed by atoms with Crippen LogP contribution in [0.1, 0.15) is 21.5 Å². The van der Waals surface area contributed by atoms with Gasteiger partial charge >= 0.3 is 12.1 Å². The molecule has 0 fully saturated rings. The van der Waals surface area contributed by atoms with Crippen molar-refractivity contribution < 1.29 is 32.6 Å². The quantitative estimate of drug-likeness (QED) is 0.177. The van der Waals surface area contributed by atoms with Crippen molar-refractivity contribution in [3.05, 3.63) is 120 Å². The van der Waals surface area contributed by atoms with Crippen molar-refractivity contribution in [1.82, 2.24) is 0 Å². The Hall–Kier alpha value is -4.92. The van der Waals surface area contributed by atoms with Crippen molar-refractivity contribution in [3.63, 3.8) is 0 Å². The van der Waals surface area contributed by atoms with Gasteiger partial charge in [-0.05, 0) is 59.2 Å². The summed E-state index contributed by atoms with van der Waals surface area (Å²) in [5.74, 6) is -1.50. The van der Waals surface area contributed by atoms with Crippen molar-refractivity contribution >= 4 is 23.8 Å². The number of alkyl halides is 3. The lowest BCUT2D eigenvalue weighted by Gasteiger charge is -2.18. The van der Waals surface area contributed by atoms with Crippen molar-refractivity contribution in [2.75, 3.05) is 11.6 Å². The molecule has 0 atom stereocenters. The van der Waals surface area contributed by atoms with Crippen LogP contribution in [-0.4, -0.2) is 29.8 Å². The highest BCUT2D eigenvalue weighted by atomic mass is 19.4. The minimum absolute atomic E-state index is 0.130. The first-order valence-electron chi connectivity index (χ1n) is 11.4. The molecule has 192 valence electrons. The van der Waals surface area contributed by atoms with Crippen LogP contribution in [0.2, 0.25) is 0 Å². The molecule has 9 heteroatoms. The molecule has 6 nitrogen and oxygen atoms in total. The number of benzene rings is 4. The number of phenols is 1. The summed E-state index contributed by atoms with van der Waals surface area (Å²) in [6.45, 7) is -0.749. The summed E-state index contributed by atoms with van der Waals surface area (Å²) < 4.78 is 44.9. The van der Waals surface area contributed by atoms with Gasteiger partial charge in [-0.25, -0.2) is 4.79 Å². The van der Waals surface area contributed by atoms with E-state index in [0.717, 1.165) is 34.3 Å². The van der Waals surface area contributed by atoms with Crippen LogP contribution in [0.3, 0.4) is 0 Å². The monoisotopic (exact) mass is 518 g/mol. The first-order chi connectivity index (χ1) is 18.2. The second kappa shape index (κ2) is 11.4. The van der Waals surface area contributed by atoms with E-state index in [1.165, 1.54) is 24.4 Å². The van der Waals surface area contributed by atoms with E-state index in [-0.39, 0.29) is 17.0 Å². The lowest BCUT2D eigenvalue weighted by Crippen LogP contribution is -2.31. The van der Waals surface area contributed by atoms with Gasteiger partial charge in [0.2, 0.25) is 0 Å². The molecule has 4 rings (SSSR count). The summed E-state index contributed by atoms with van der Waals surface area (Å²) in [5, 5.41) is 14.3. The number of aromatic hydroxyl groups is 1. The van der Waals surface area contributed by atoms with Gasteiger partial charge in [-0.15, -0.1) is 0 Å². The van der Waals surface area contributed by atoms with Crippen LogP contribution in [0.25, 0.3) is 11.1 Å². The fraction of sp³-hybridized carbons (Fsp3) is 0.0690. The third-order valence-electron chi connectivity index (χ3n) is 5.42. The molecule has 0 aliphatic heterocycles. The number of nitrogens with zero attached hydrogens (tertiary/aromatic N) is 2. The molecule has 1 N–H and O–H groups in total. The zero-order valence-corrected chi connectivity index (χ0v) is 19.8. The molecular weight excluding hydrogens is 497 g/mol. The summed E-state index contributed by atoms with van der Waals surface area (Å²) in [5.41, 5.74) is 1.33. The maximum atomic E-state index is 13.3. The molecule has 0 aromatic heterocycles. The third-order valence-corrected chi connectivity index (χ3v) is 5.42. The highest BCUT2D eigenvalue weighted by Gasteiger charge is 2.31. The highest BCUT2D eigenvalue weighted by Crippen LogP contribution is 2.32. The van der Waals surface area contributed by atoms with Crippen LogP contribution in [0, 0.1) is 0 Å². The summed E-state index contributed by atoms with van der Waals surface area (Å²) >= 11 is 0. The second-order valence-electron chi connectivity index (χ2n) is 8.11. The molecule has 0 aliphatic rings. The van der Waals surface area contributed by atoms with E-state index < -0.39 is 30.2 Å². The Bertz CT molecular complexity index is 1440. The molecule has 4 aromatic carbocycles. The Morgan fingerprint density at radius 1 is 0.842 bits per heavy atom. The highest BCUT2D eigenvalue weighted by molar-refractivity contribution is 5.98. The summed E-state index contributed by atoms with van der Waals surface area (Å²) in [6, 6.07) is 25.8. The van der Waals surface area contributed by atoms with E-state index in [4.69, 9.17) is 4.74 Å². The molecular formula is C29H21F3N2O4. The van der Waals surface area contributed by atoms with Crippen LogP contribution in [-0.2, 0) is 15.7 Å². The molecule has 0 radical (unpaired) electrons. The van der Waals surface area contributed by atoms with Crippen LogP contribution < -0.4 is 5.01 Å². The zero-order chi connectivity index (χ0) is 27.1. The molecule has 0 saturated carbocycles. The van der Waals surface area contributed by atoms with Gasteiger partial charge < -0.3 is 9.84 Å². The molecule has 4 aromatic rings. The Kier molecular flexibility index (Phi) is 7.86. The van der Waals surface area contributed by atoms with Crippen molar-refractivity contribution in [2.45, 2.75) is 6.18 Å². The van der Waals surface area contributed by atoms with Gasteiger partial charge in [-0.3, -0.25) is 4.79 Å². The third kappa shape index (κ3) is 6.64. The maximum absolute atomic E-state index is 13.3. The lowest BCUT2D eigenvalue weighted by atomic mass is 10.0. The van der Waals surface area contributed by atoms with Crippen LogP contribution in [0.4, 0.5) is 18.9 Å².